The summed E-state index contributed by atoms with van der Waals surface area (Å²) >= 11 is 0. The minimum absolute atomic E-state index is 0.166. The van der Waals surface area contributed by atoms with Crippen LogP contribution in [0.15, 0.2) is 6.20 Å². The van der Waals surface area contributed by atoms with E-state index >= 15 is 0 Å². The second kappa shape index (κ2) is 2.62. The first-order valence-electron chi connectivity index (χ1n) is 4.05. The first kappa shape index (κ1) is 7.34. The van der Waals surface area contributed by atoms with E-state index in [1.807, 2.05) is 0 Å². The molecule has 4 nitrogen and oxygen atoms in total. The summed E-state index contributed by atoms with van der Waals surface area (Å²) in [7, 11) is 0. The number of hydrogen-bond acceptors (Lipinski definition) is 4. The van der Waals surface area contributed by atoms with Gasteiger partial charge in [-0.2, -0.15) is 0 Å². The van der Waals surface area contributed by atoms with E-state index in [1.165, 1.54) is 12.6 Å². The van der Waals surface area contributed by atoms with Crippen LogP contribution in [-0.2, 0) is 0 Å². The summed E-state index contributed by atoms with van der Waals surface area (Å²) in [6.45, 7) is 3.84. The summed E-state index contributed by atoms with van der Waals surface area (Å²) in [6, 6.07) is 0. The Kier molecular flexibility index (Phi) is 1.60. The Hall–Kier alpha value is -1.32. The highest BCUT2D eigenvalue weighted by molar-refractivity contribution is 5.36. The lowest BCUT2D eigenvalue weighted by atomic mass is 10.2. The molecular weight excluding hydrogens is 154 g/mol. The van der Waals surface area contributed by atoms with Gasteiger partial charge < -0.3 is 10.0 Å². The molecule has 12 heavy (non-hydrogen) atoms. The Bertz CT molecular complexity index is 296. The summed E-state index contributed by atoms with van der Waals surface area (Å²) in [4.78, 5) is 10.3. The Morgan fingerprint density at radius 2 is 2.25 bits per heavy atom. The Labute approximate surface area is 70.9 Å². The van der Waals surface area contributed by atoms with Crippen molar-refractivity contribution < 1.29 is 5.11 Å². The number of nitrogens with zero attached hydrogens (tertiary/aromatic N) is 3. The molecule has 0 unspecified atom stereocenters. The number of rotatable bonds is 1. The smallest absolute Gasteiger partial charge is 0.225 e. The predicted molar refractivity (Wildman–Crippen MR) is 45.3 cm³/mol. The van der Waals surface area contributed by atoms with Gasteiger partial charge in [-0.3, -0.25) is 0 Å². The molecule has 1 aromatic rings. The molecule has 2 rings (SSSR count). The van der Waals surface area contributed by atoms with Crippen LogP contribution in [0.1, 0.15) is 12.1 Å². The summed E-state index contributed by atoms with van der Waals surface area (Å²) in [6.07, 6.45) is 2.67. The van der Waals surface area contributed by atoms with Crippen LogP contribution in [0.5, 0.6) is 5.75 Å². The highest BCUT2D eigenvalue weighted by Gasteiger charge is 2.17. The highest BCUT2D eigenvalue weighted by Crippen LogP contribution is 2.19. The average Bonchev–Trinajstić information content (AvgIpc) is 1.93. The molecule has 0 bridgehead atoms. The number of aryl methyl sites for hydroxylation is 1. The van der Waals surface area contributed by atoms with Crippen LogP contribution in [0.2, 0.25) is 0 Å². The van der Waals surface area contributed by atoms with Gasteiger partial charge in [0.25, 0.3) is 0 Å². The van der Waals surface area contributed by atoms with Gasteiger partial charge in [0.2, 0.25) is 5.95 Å². The molecule has 64 valence electrons. The van der Waals surface area contributed by atoms with Gasteiger partial charge in [0.1, 0.15) is 0 Å². The van der Waals surface area contributed by atoms with Crippen LogP contribution in [0.3, 0.4) is 0 Å². The van der Waals surface area contributed by atoms with E-state index in [-0.39, 0.29) is 5.75 Å². The fourth-order valence-electron chi connectivity index (χ4n) is 1.12. The van der Waals surface area contributed by atoms with Gasteiger partial charge in [0.15, 0.2) is 5.75 Å². The summed E-state index contributed by atoms with van der Waals surface area (Å²) in [5.74, 6) is 0.899. The van der Waals surface area contributed by atoms with Crippen molar-refractivity contribution in [1.82, 2.24) is 9.97 Å². The average molecular weight is 165 g/mol. The van der Waals surface area contributed by atoms with Crippen LogP contribution >= 0.6 is 0 Å². The SMILES string of the molecule is Cc1nc(N2CCC2)ncc1O. The van der Waals surface area contributed by atoms with E-state index in [1.54, 1.807) is 6.92 Å². The van der Waals surface area contributed by atoms with Crippen LogP contribution in [-0.4, -0.2) is 28.2 Å². The molecule has 0 radical (unpaired) electrons. The highest BCUT2D eigenvalue weighted by atomic mass is 16.3. The lowest BCUT2D eigenvalue weighted by molar-refractivity contribution is 0.463. The fraction of sp³-hybridized carbons (Fsp3) is 0.500. The van der Waals surface area contributed by atoms with Gasteiger partial charge in [-0.25, -0.2) is 9.97 Å². The second-order valence-corrected chi connectivity index (χ2v) is 2.98. The maximum atomic E-state index is 9.17. The van der Waals surface area contributed by atoms with Crippen molar-refractivity contribution in [3.05, 3.63) is 11.9 Å². The molecule has 0 amide bonds. The van der Waals surface area contributed by atoms with Crippen LogP contribution in [0, 0.1) is 6.92 Å². The molecule has 1 aromatic heterocycles. The standard InChI is InChI=1S/C8H11N3O/c1-6-7(12)5-9-8(10-6)11-3-2-4-11/h5,12H,2-4H2,1H3. The van der Waals surface area contributed by atoms with Crippen molar-refractivity contribution in [2.45, 2.75) is 13.3 Å². The van der Waals surface area contributed by atoms with Crippen molar-refractivity contribution in [3.8, 4) is 5.75 Å². The molecule has 0 aromatic carbocycles. The minimum Gasteiger partial charge on any atom is -0.504 e. The van der Waals surface area contributed by atoms with E-state index in [2.05, 4.69) is 14.9 Å². The molecule has 2 heterocycles. The Morgan fingerprint density at radius 1 is 1.50 bits per heavy atom. The third-order valence-corrected chi connectivity index (χ3v) is 2.08. The predicted octanol–water partition coefficient (Wildman–Crippen LogP) is 0.701. The second-order valence-electron chi connectivity index (χ2n) is 2.98. The van der Waals surface area contributed by atoms with E-state index < -0.39 is 0 Å². The number of aromatic nitrogens is 2. The van der Waals surface area contributed by atoms with Crippen molar-refractivity contribution in [2.24, 2.45) is 0 Å². The van der Waals surface area contributed by atoms with Gasteiger partial charge >= 0.3 is 0 Å². The van der Waals surface area contributed by atoms with E-state index in [0.717, 1.165) is 19.0 Å². The molecule has 1 N–H and O–H groups in total. The molecule has 1 aliphatic heterocycles. The van der Waals surface area contributed by atoms with Gasteiger partial charge in [0, 0.05) is 13.1 Å². The Morgan fingerprint density at radius 3 is 2.75 bits per heavy atom. The summed E-state index contributed by atoms with van der Waals surface area (Å²) < 4.78 is 0. The quantitative estimate of drug-likeness (QED) is 0.665. The topological polar surface area (TPSA) is 49.2 Å². The fourth-order valence-corrected chi connectivity index (χ4v) is 1.12. The minimum atomic E-state index is 0.166. The van der Waals surface area contributed by atoms with E-state index in [0.29, 0.717) is 5.69 Å². The zero-order valence-electron chi connectivity index (χ0n) is 6.99. The summed E-state index contributed by atoms with van der Waals surface area (Å²) in [5, 5.41) is 9.17. The molecule has 0 atom stereocenters. The van der Waals surface area contributed by atoms with Crippen molar-refractivity contribution in [1.29, 1.82) is 0 Å². The monoisotopic (exact) mass is 165 g/mol. The van der Waals surface area contributed by atoms with Gasteiger partial charge in [-0.15, -0.1) is 0 Å². The summed E-state index contributed by atoms with van der Waals surface area (Å²) in [5.41, 5.74) is 0.645. The zero-order valence-corrected chi connectivity index (χ0v) is 6.99. The molecule has 0 saturated carbocycles. The lowest BCUT2D eigenvalue weighted by Gasteiger charge is -2.30. The zero-order chi connectivity index (χ0) is 8.55. The van der Waals surface area contributed by atoms with Crippen LogP contribution in [0.4, 0.5) is 5.95 Å². The van der Waals surface area contributed by atoms with Crippen LogP contribution < -0.4 is 4.90 Å². The molecule has 0 spiro atoms. The number of anilines is 1. The molecule has 4 heteroatoms. The molecule has 1 aliphatic rings. The maximum absolute atomic E-state index is 9.17. The molecule has 1 saturated heterocycles. The molecule has 0 aliphatic carbocycles. The third kappa shape index (κ3) is 1.09. The largest absolute Gasteiger partial charge is 0.504 e. The lowest BCUT2D eigenvalue weighted by Crippen LogP contribution is -2.38. The van der Waals surface area contributed by atoms with Gasteiger partial charge in [-0.1, -0.05) is 0 Å². The molecule has 1 fully saturated rings. The van der Waals surface area contributed by atoms with Gasteiger partial charge in [-0.05, 0) is 13.3 Å². The van der Waals surface area contributed by atoms with Crippen molar-refractivity contribution in [3.63, 3.8) is 0 Å². The van der Waals surface area contributed by atoms with Crippen LogP contribution in [0.25, 0.3) is 0 Å². The van der Waals surface area contributed by atoms with E-state index in [4.69, 9.17) is 0 Å². The number of aromatic hydroxyl groups is 1. The normalized spacial score (nSPS) is 15.9. The van der Waals surface area contributed by atoms with Crippen molar-refractivity contribution >= 4 is 5.95 Å². The first-order valence-corrected chi connectivity index (χ1v) is 4.05. The molecular formula is C8H11N3O. The first-order chi connectivity index (χ1) is 5.77. The maximum Gasteiger partial charge on any atom is 0.225 e. The van der Waals surface area contributed by atoms with E-state index in [9.17, 15) is 5.11 Å². The Balaban J connectivity index is 2.27. The third-order valence-electron chi connectivity index (χ3n) is 2.08. The number of hydrogen-bond donors (Lipinski definition) is 1. The van der Waals surface area contributed by atoms with Gasteiger partial charge in [0.05, 0.1) is 11.9 Å². The van der Waals surface area contributed by atoms with Crippen molar-refractivity contribution in [2.75, 3.05) is 18.0 Å².